The first-order chi connectivity index (χ1) is 16.6. The SMILES string of the molecule is COC(=O)c1cc(NS(=O)(=O)c2ccc(NC(=O)c3ccccc3F)c(F)c2)cc(C(=O)OC)c1. The average molecular weight is 504 g/mol. The summed E-state index contributed by atoms with van der Waals surface area (Å²) >= 11 is 0. The Morgan fingerprint density at radius 3 is 1.94 bits per heavy atom. The summed E-state index contributed by atoms with van der Waals surface area (Å²) in [5.41, 5.74) is -1.16. The predicted molar refractivity (Wildman–Crippen MR) is 121 cm³/mol. The lowest BCUT2D eigenvalue weighted by atomic mass is 10.1. The van der Waals surface area contributed by atoms with E-state index in [-0.39, 0.29) is 28.1 Å². The molecule has 0 saturated carbocycles. The van der Waals surface area contributed by atoms with E-state index in [2.05, 4.69) is 19.5 Å². The van der Waals surface area contributed by atoms with Gasteiger partial charge in [-0.2, -0.15) is 0 Å². The van der Waals surface area contributed by atoms with Gasteiger partial charge in [-0.05, 0) is 48.5 Å². The largest absolute Gasteiger partial charge is 0.465 e. The lowest BCUT2D eigenvalue weighted by Gasteiger charge is -2.12. The third kappa shape index (κ3) is 5.79. The predicted octanol–water partition coefficient (Wildman–Crippen LogP) is 3.59. The molecule has 0 bridgehead atoms. The number of carbonyl (C=O) groups is 3. The zero-order valence-electron chi connectivity index (χ0n) is 18.3. The number of halogens is 2. The molecule has 12 heteroatoms. The number of nitrogens with one attached hydrogen (secondary N) is 2. The van der Waals surface area contributed by atoms with E-state index in [4.69, 9.17) is 0 Å². The Kier molecular flexibility index (Phi) is 7.45. The number of carbonyl (C=O) groups excluding carboxylic acids is 3. The van der Waals surface area contributed by atoms with Gasteiger partial charge in [-0.1, -0.05) is 12.1 Å². The summed E-state index contributed by atoms with van der Waals surface area (Å²) < 4.78 is 65.3. The molecule has 0 radical (unpaired) electrons. The van der Waals surface area contributed by atoms with E-state index >= 15 is 0 Å². The third-order valence-electron chi connectivity index (χ3n) is 4.64. The second kappa shape index (κ2) is 10.3. The number of sulfonamides is 1. The molecule has 0 atom stereocenters. The average Bonchev–Trinajstić information content (AvgIpc) is 2.83. The van der Waals surface area contributed by atoms with Crippen molar-refractivity contribution in [3.8, 4) is 0 Å². The molecule has 3 aromatic rings. The Bertz CT molecular complexity index is 1390. The molecular weight excluding hydrogens is 486 g/mol. The minimum atomic E-state index is -4.41. The Morgan fingerprint density at radius 1 is 0.800 bits per heavy atom. The number of hydrogen-bond acceptors (Lipinski definition) is 7. The molecule has 0 heterocycles. The van der Waals surface area contributed by atoms with Gasteiger partial charge < -0.3 is 14.8 Å². The monoisotopic (exact) mass is 504 g/mol. The molecule has 0 aliphatic carbocycles. The summed E-state index contributed by atoms with van der Waals surface area (Å²) in [6.07, 6.45) is 0. The topological polar surface area (TPSA) is 128 Å². The van der Waals surface area contributed by atoms with Crippen molar-refractivity contribution < 1.29 is 41.1 Å². The van der Waals surface area contributed by atoms with Gasteiger partial charge in [-0.25, -0.2) is 26.8 Å². The minimum absolute atomic E-state index is 0.134. The van der Waals surface area contributed by atoms with Gasteiger partial charge in [0, 0.05) is 0 Å². The van der Waals surface area contributed by atoms with Crippen LogP contribution in [0.4, 0.5) is 20.2 Å². The highest BCUT2D eigenvalue weighted by atomic mass is 32.2. The molecule has 9 nitrogen and oxygen atoms in total. The Hall–Kier alpha value is -4.32. The van der Waals surface area contributed by atoms with Gasteiger partial charge in [-0.3, -0.25) is 9.52 Å². The van der Waals surface area contributed by atoms with Crippen LogP contribution < -0.4 is 10.0 Å². The van der Waals surface area contributed by atoms with Crippen molar-refractivity contribution in [2.75, 3.05) is 24.3 Å². The highest BCUT2D eigenvalue weighted by Gasteiger charge is 2.21. The molecule has 0 aliphatic rings. The summed E-state index contributed by atoms with van der Waals surface area (Å²) in [7, 11) is -2.20. The summed E-state index contributed by atoms with van der Waals surface area (Å²) in [5.74, 6) is -4.51. The molecular formula is C23H18F2N2O7S. The summed E-state index contributed by atoms with van der Waals surface area (Å²) in [6, 6.07) is 11.1. The molecule has 35 heavy (non-hydrogen) atoms. The molecule has 182 valence electrons. The van der Waals surface area contributed by atoms with Crippen molar-refractivity contribution in [1.29, 1.82) is 0 Å². The number of benzene rings is 3. The van der Waals surface area contributed by atoms with Crippen LogP contribution in [-0.4, -0.2) is 40.5 Å². The number of hydrogen-bond donors (Lipinski definition) is 2. The molecule has 3 rings (SSSR count). The van der Waals surface area contributed by atoms with Crippen molar-refractivity contribution in [1.82, 2.24) is 0 Å². The molecule has 0 unspecified atom stereocenters. The van der Waals surface area contributed by atoms with Crippen LogP contribution in [0.25, 0.3) is 0 Å². The van der Waals surface area contributed by atoms with Crippen molar-refractivity contribution in [3.63, 3.8) is 0 Å². The fourth-order valence-corrected chi connectivity index (χ4v) is 4.02. The van der Waals surface area contributed by atoms with Crippen LogP contribution >= 0.6 is 0 Å². The highest BCUT2D eigenvalue weighted by molar-refractivity contribution is 7.92. The quantitative estimate of drug-likeness (QED) is 0.471. The van der Waals surface area contributed by atoms with Crippen molar-refractivity contribution in [2.24, 2.45) is 0 Å². The van der Waals surface area contributed by atoms with Crippen LogP contribution in [-0.2, 0) is 19.5 Å². The molecule has 3 aromatic carbocycles. The van der Waals surface area contributed by atoms with Gasteiger partial charge in [0.15, 0.2) is 0 Å². The normalized spacial score (nSPS) is 10.9. The first kappa shape index (κ1) is 25.3. The van der Waals surface area contributed by atoms with Crippen LogP contribution in [0.15, 0.2) is 65.6 Å². The number of esters is 2. The maximum absolute atomic E-state index is 14.6. The Labute approximate surface area is 198 Å². The Morgan fingerprint density at radius 2 is 1.40 bits per heavy atom. The lowest BCUT2D eigenvalue weighted by molar-refractivity contribution is 0.0599. The number of anilines is 2. The number of methoxy groups -OCH3 is 2. The van der Waals surface area contributed by atoms with E-state index in [1.54, 1.807) is 0 Å². The number of rotatable bonds is 7. The summed E-state index contributed by atoms with van der Waals surface area (Å²) in [5, 5.41) is 2.18. The van der Waals surface area contributed by atoms with Crippen LogP contribution in [0.2, 0.25) is 0 Å². The maximum atomic E-state index is 14.6. The Balaban J connectivity index is 1.88. The van der Waals surface area contributed by atoms with Gasteiger partial charge in [0.1, 0.15) is 11.6 Å². The number of amides is 1. The van der Waals surface area contributed by atoms with Gasteiger partial charge >= 0.3 is 11.9 Å². The van der Waals surface area contributed by atoms with E-state index < -0.39 is 44.4 Å². The van der Waals surface area contributed by atoms with Crippen molar-refractivity contribution in [3.05, 3.63) is 89.0 Å². The molecule has 0 fully saturated rings. The molecule has 0 aliphatic heterocycles. The first-order valence-corrected chi connectivity index (χ1v) is 11.2. The number of ether oxygens (including phenoxy) is 2. The highest BCUT2D eigenvalue weighted by Crippen LogP contribution is 2.24. The fraction of sp³-hybridized carbons (Fsp3) is 0.0870. The van der Waals surface area contributed by atoms with Gasteiger partial charge in [0.2, 0.25) is 0 Å². The molecule has 2 N–H and O–H groups in total. The van der Waals surface area contributed by atoms with Gasteiger partial charge in [-0.15, -0.1) is 0 Å². The zero-order chi connectivity index (χ0) is 25.8. The molecule has 0 saturated heterocycles. The molecule has 0 spiro atoms. The second-order valence-electron chi connectivity index (χ2n) is 6.96. The lowest BCUT2D eigenvalue weighted by Crippen LogP contribution is -2.17. The van der Waals surface area contributed by atoms with E-state index in [0.717, 1.165) is 50.6 Å². The first-order valence-electron chi connectivity index (χ1n) is 9.75. The molecule has 0 aromatic heterocycles. The van der Waals surface area contributed by atoms with Crippen LogP contribution in [0.1, 0.15) is 31.1 Å². The summed E-state index contributed by atoms with van der Waals surface area (Å²) in [6.45, 7) is 0. The van der Waals surface area contributed by atoms with Crippen LogP contribution in [0, 0.1) is 11.6 Å². The smallest absolute Gasteiger partial charge is 0.337 e. The van der Waals surface area contributed by atoms with Gasteiger partial charge in [0.25, 0.3) is 15.9 Å². The maximum Gasteiger partial charge on any atom is 0.337 e. The van der Waals surface area contributed by atoms with Crippen molar-refractivity contribution in [2.45, 2.75) is 4.90 Å². The molecule has 1 amide bonds. The van der Waals surface area contributed by atoms with E-state index in [1.807, 2.05) is 0 Å². The standard InChI is InChI=1S/C23H18F2N2O7S/c1-33-22(29)13-9-14(23(30)34-2)11-15(10-13)27-35(31,32)16-7-8-20(19(25)12-16)26-21(28)17-5-3-4-6-18(17)24/h3-12,27H,1-2H3,(H,26,28). The third-order valence-corrected chi connectivity index (χ3v) is 6.02. The second-order valence-corrected chi connectivity index (χ2v) is 8.65. The zero-order valence-corrected chi connectivity index (χ0v) is 19.1. The van der Waals surface area contributed by atoms with E-state index in [1.165, 1.54) is 18.2 Å². The minimum Gasteiger partial charge on any atom is -0.465 e. The van der Waals surface area contributed by atoms with Crippen molar-refractivity contribution >= 4 is 39.2 Å². The van der Waals surface area contributed by atoms with Crippen LogP contribution in [0.5, 0.6) is 0 Å². The van der Waals surface area contributed by atoms with E-state index in [9.17, 15) is 31.6 Å². The summed E-state index contributed by atoms with van der Waals surface area (Å²) in [4.78, 5) is 35.5. The van der Waals surface area contributed by atoms with Gasteiger partial charge in [0.05, 0.1) is 47.2 Å². The van der Waals surface area contributed by atoms with Crippen LogP contribution in [0.3, 0.4) is 0 Å². The fourth-order valence-electron chi connectivity index (χ4n) is 2.97. The van der Waals surface area contributed by atoms with E-state index in [0.29, 0.717) is 6.07 Å².